The second kappa shape index (κ2) is 10.8. The van der Waals surface area contributed by atoms with E-state index in [2.05, 4.69) is 0 Å². The van der Waals surface area contributed by atoms with Gasteiger partial charge in [0.15, 0.2) is 0 Å². The Hall–Kier alpha value is -4.54. The molecule has 2 N–H and O–H groups in total. The quantitative estimate of drug-likeness (QED) is 0.294. The predicted octanol–water partition coefficient (Wildman–Crippen LogP) is 4.06. The lowest BCUT2D eigenvalue weighted by Crippen LogP contribution is -2.53. The molecule has 0 unspecified atom stereocenters. The first-order valence-electron chi connectivity index (χ1n) is 14.8. The minimum absolute atomic E-state index is 0.111. The number of anilines is 1. The first kappa shape index (κ1) is 29.2. The molecule has 1 aromatic heterocycles. The standard InChI is InChI=1S/C34H29ClN2O8/c35-19-7-4-8-20(15-19)37-31(42)25-16-24-22(10-11-23-28(24)32(43)36(30(23)41)14-13-27(39)40)29(26-12-9-21(17-38)45-26)34(25,33(37)44)18-5-2-1-3-6-18/h1-10,12,15,23-25,28-29,38H,11,13-14,16-17H2,(H,39,40)/t23-,24+,25-,28-,29+,34+/m0/s1. The molecule has 3 heterocycles. The van der Waals surface area contributed by atoms with Crippen LogP contribution in [0.4, 0.5) is 5.69 Å². The molecule has 230 valence electrons. The molecular formula is C34H29ClN2O8. The van der Waals surface area contributed by atoms with Crippen molar-refractivity contribution in [2.24, 2.45) is 23.7 Å². The number of imide groups is 2. The van der Waals surface area contributed by atoms with E-state index in [0.29, 0.717) is 27.6 Å². The van der Waals surface area contributed by atoms with Crippen LogP contribution in [0.1, 0.15) is 42.3 Å². The zero-order valence-corrected chi connectivity index (χ0v) is 24.7. The molecule has 2 aliphatic heterocycles. The first-order valence-corrected chi connectivity index (χ1v) is 15.2. The SMILES string of the molecule is O=C(O)CCN1C(=O)[C@H]2[C@H](CC=C3[C@H]2C[C@H]2C(=O)N(c4cccc(Cl)c4)C(=O)[C@@]2(c2ccccc2)[C@H]3c2ccc(CO)o2)C1=O. The third-order valence-electron chi connectivity index (χ3n) is 9.93. The Morgan fingerprint density at radius 2 is 1.73 bits per heavy atom. The van der Waals surface area contributed by atoms with Crippen LogP contribution in [0.5, 0.6) is 0 Å². The van der Waals surface area contributed by atoms with Crippen LogP contribution in [0.15, 0.2) is 82.8 Å². The number of aliphatic hydroxyl groups is 1. The highest BCUT2D eigenvalue weighted by Crippen LogP contribution is 2.64. The largest absolute Gasteiger partial charge is 0.481 e. The van der Waals surface area contributed by atoms with E-state index in [4.69, 9.17) is 16.0 Å². The van der Waals surface area contributed by atoms with Crippen molar-refractivity contribution in [1.29, 1.82) is 0 Å². The van der Waals surface area contributed by atoms with Crippen LogP contribution < -0.4 is 4.90 Å². The topological polar surface area (TPSA) is 145 Å². The molecule has 1 saturated carbocycles. The van der Waals surface area contributed by atoms with E-state index in [1.54, 1.807) is 48.5 Å². The second-order valence-corrected chi connectivity index (χ2v) is 12.5. The number of rotatable bonds is 7. The average Bonchev–Trinajstić information content (AvgIpc) is 3.67. The Kier molecular flexibility index (Phi) is 7.02. The van der Waals surface area contributed by atoms with E-state index in [1.807, 2.05) is 24.3 Å². The van der Waals surface area contributed by atoms with Crippen LogP contribution >= 0.6 is 11.6 Å². The molecule has 2 aromatic carbocycles. The van der Waals surface area contributed by atoms with Gasteiger partial charge in [-0.25, -0.2) is 4.90 Å². The van der Waals surface area contributed by atoms with E-state index < -0.39 is 64.6 Å². The number of hydrogen-bond donors (Lipinski definition) is 2. The van der Waals surface area contributed by atoms with Gasteiger partial charge in [0.05, 0.1) is 35.8 Å². The maximum atomic E-state index is 15.0. The molecule has 3 fully saturated rings. The number of aliphatic hydroxyl groups excluding tert-OH is 1. The number of carboxylic acids is 1. The van der Waals surface area contributed by atoms with Gasteiger partial charge in [0.2, 0.25) is 23.6 Å². The van der Waals surface area contributed by atoms with Crippen LogP contribution in [0.2, 0.25) is 5.02 Å². The van der Waals surface area contributed by atoms with E-state index in [-0.39, 0.29) is 38.2 Å². The number of likely N-dealkylation sites (tertiary alicyclic amines) is 1. The number of allylic oxidation sites excluding steroid dienone is 2. The average molecular weight is 629 g/mol. The van der Waals surface area contributed by atoms with Gasteiger partial charge in [-0.2, -0.15) is 0 Å². The van der Waals surface area contributed by atoms with E-state index >= 15 is 4.79 Å². The summed E-state index contributed by atoms with van der Waals surface area (Å²) in [5.41, 5.74) is 0.154. The summed E-state index contributed by atoms with van der Waals surface area (Å²) in [5.74, 6) is -6.21. The summed E-state index contributed by atoms with van der Waals surface area (Å²) in [6.45, 7) is -0.616. The molecule has 4 aliphatic rings. The smallest absolute Gasteiger partial charge is 0.305 e. The minimum atomic E-state index is -1.48. The zero-order valence-electron chi connectivity index (χ0n) is 24.0. The molecule has 0 bridgehead atoms. The molecular weight excluding hydrogens is 600 g/mol. The van der Waals surface area contributed by atoms with Crippen molar-refractivity contribution in [3.63, 3.8) is 0 Å². The van der Waals surface area contributed by atoms with Gasteiger partial charge in [0.25, 0.3) is 0 Å². The van der Waals surface area contributed by atoms with Crippen molar-refractivity contribution in [3.05, 3.63) is 100 Å². The van der Waals surface area contributed by atoms with Crippen LogP contribution in [-0.4, -0.2) is 51.3 Å². The van der Waals surface area contributed by atoms with Crippen LogP contribution in [-0.2, 0) is 36.0 Å². The van der Waals surface area contributed by atoms with Crippen molar-refractivity contribution in [2.45, 2.75) is 37.2 Å². The number of carbonyl (C=O) groups excluding carboxylic acids is 4. The van der Waals surface area contributed by atoms with E-state index in [1.165, 1.54) is 4.90 Å². The molecule has 7 rings (SSSR count). The summed E-state index contributed by atoms with van der Waals surface area (Å²) in [6.07, 6.45) is 1.84. The lowest BCUT2D eigenvalue weighted by molar-refractivity contribution is -0.142. The van der Waals surface area contributed by atoms with E-state index in [0.717, 1.165) is 4.90 Å². The molecule has 0 spiro atoms. The molecule has 11 heteroatoms. The van der Waals surface area contributed by atoms with Gasteiger partial charge in [-0.15, -0.1) is 0 Å². The number of hydrogen-bond acceptors (Lipinski definition) is 7. The number of aliphatic carboxylic acids is 1. The molecule has 6 atom stereocenters. The van der Waals surface area contributed by atoms with Gasteiger partial charge in [-0.3, -0.25) is 28.9 Å². The summed E-state index contributed by atoms with van der Waals surface area (Å²) < 4.78 is 6.14. The summed E-state index contributed by atoms with van der Waals surface area (Å²) >= 11 is 6.31. The Morgan fingerprint density at radius 3 is 2.42 bits per heavy atom. The summed E-state index contributed by atoms with van der Waals surface area (Å²) in [7, 11) is 0. The first-order chi connectivity index (χ1) is 21.7. The number of carboxylic acid groups (broad SMARTS) is 1. The number of carbonyl (C=O) groups is 5. The van der Waals surface area contributed by atoms with Gasteiger partial charge < -0.3 is 14.6 Å². The fourth-order valence-electron chi connectivity index (χ4n) is 8.18. The van der Waals surface area contributed by atoms with Crippen molar-refractivity contribution in [2.75, 3.05) is 11.4 Å². The molecule has 45 heavy (non-hydrogen) atoms. The Balaban J connectivity index is 1.44. The van der Waals surface area contributed by atoms with Crippen LogP contribution in [0, 0.1) is 23.7 Å². The predicted molar refractivity (Wildman–Crippen MR) is 160 cm³/mol. The maximum Gasteiger partial charge on any atom is 0.305 e. The highest BCUT2D eigenvalue weighted by atomic mass is 35.5. The third-order valence-corrected chi connectivity index (χ3v) is 10.2. The highest BCUT2D eigenvalue weighted by molar-refractivity contribution is 6.32. The second-order valence-electron chi connectivity index (χ2n) is 12.0. The van der Waals surface area contributed by atoms with Gasteiger partial charge in [-0.1, -0.05) is 59.6 Å². The molecule has 3 aromatic rings. The third kappa shape index (κ3) is 4.23. The number of benzene rings is 2. The molecule has 2 saturated heterocycles. The molecule has 4 amide bonds. The zero-order chi connectivity index (χ0) is 31.6. The lowest BCUT2D eigenvalue weighted by atomic mass is 9.50. The molecule has 2 aliphatic carbocycles. The monoisotopic (exact) mass is 628 g/mol. The van der Waals surface area contributed by atoms with Crippen molar-refractivity contribution >= 4 is 46.9 Å². The number of furan rings is 1. The maximum absolute atomic E-state index is 15.0. The fraction of sp³-hybridized carbons (Fsp3) is 0.324. The highest BCUT2D eigenvalue weighted by Gasteiger charge is 2.70. The van der Waals surface area contributed by atoms with Gasteiger partial charge in [-0.05, 0) is 54.7 Å². The Bertz CT molecular complexity index is 1780. The molecule has 0 radical (unpaired) electrons. The number of fused-ring (bicyclic) bond motifs is 4. The van der Waals surface area contributed by atoms with Crippen LogP contribution in [0.25, 0.3) is 0 Å². The van der Waals surface area contributed by atoms with Gasteiger partial charge >= 0.3 is 5.97 Å². The lowest BCUT2D eigenvalue weighted by Gasteiger charge is -2.49. The number of nitrogens with zero attached hydrogens (tertiary/aromatic N) is 2. The Labute approximate surface area is 262 Å². The number of amides is 4. The number of halogens is 1. The Morgan fingerprint density at radius 1 is 0.956 bits per heavy atom. The van der Waals surface area contributed by atoms with Crippen molar-refractivity contribution < 1.29 is 38.6 Å². The van der Waals surface area contributed by atoms with Crippen LogP contribution in [0.3, 0.4) is 0 Å². The molecule has 10 nitrogen and oxygen atoms in total. The van der Waals surface area contributed by atoms with E-state index in [9.17, 15) is 29.4 Å². The minimum Gasteiger partial charge on any atom is -0.481 e. The van der Waals surface area contributed by atoms with Gasteiger partial charge in [0.1, 0.15) is 23.5 Å². The summed E-state index contributed by atoms with van der Waals surface area (Å²) in [4.78, 5) is 70.4. The summed E-state index contributed by atoms with van der Waals surface area (Å²) in [6, 6.07) is 18.9. The fourth-order valence-corrected chi connectivity index (χ4v) is 8.36. The van der Waals surface area contributed by atoms with Crippen molar-refractivity contribution in [3.8, 4) is 0 Å². The summed E-state index contributed by atoms with van der Waals surface area (Å²) in [5, 5.41) is 19.5. The van der Waals surface area contributed by atoms with Gasteiger partial charge in [0, 0.05) is 11.6 Å². The normalized spacial score (nSPS) is 29.0. The van der Waals surface area contributed by atoms with Crippen molar-refractivity contribution in [1.82, 2.24) is 4.90 Å².